The van der Waals surface area contributed by atoms with Crippen LogP contribution in [0.5, 0.6) is 5.75 Å². The molecule has 1 N–H and O–H groups in total. The van der Waals surface area contributed by atoms with Crippen molar-refractivity contribution in [1.29, 1.82) is 0 Å². The molecular weight excluding hydrogens is 482 g/mol. The highest BCUT2D eigenvalue weighted by Gasteiger charge is 2.24. The topological polar surface area (TPSA) is 47.6 Å². The lowest BCUT2D eigenvalue weighted by Gasteiger charge is -2.27. The highest BCUT2D eigenvalue weighted by atomic mass is 16.5. The first-order valence-corrected chi connectivity index (χ1v) is 14.6. The third-order valence-electron chi connectivity index (χ3n) is 8.00. The zero-order valence-corrected chi connectivity index (χ0v) is 23.8. The van der Waals surface area contributed by atoms with Crippen molar-refractivity contribution >= 4 is 17.1 Å². The van der Waals surface area contributed by atoms with E-state index < -0.39 is 0 Å². The Kier molecular flexibility index (Phi) is 8.52. The van der Waals surface area contributed by atoms with Gasteiger partial charge in [0.25, 0.3) is 5.91 Å². The number of fused-ring (bicyclic) bond motifs is 1. The van der Waals surface area contributed by atoms with Crippen molar-refractivity contribution in [1.82, 2.24) is 5.32 Å². The van der Waals surface area contributed by atoms with E-state index in [0.29, 0.717) is 13.2 Å². The van der Waals surface area contributed by atoms with Crippen LogP contribution in [0.2, 0.25) is 0 Å². The van der Waals surface area contributed by atoms with Crippen molar-refractivity contribution in [2.24, 2.45) is 0 Å². The number of aryl methyl sites for hydroxylation is 3. The van der Waals surface area contributed by atoms with Crippen LogP contribution in [-0.4, -0.2) is 31.3 Å². The Morgan fingerprint density at radius 1 is 0.974 bits per heavy atom. The van der Waals surface area contributed by atoms with Crippen LogP contribution in [0.4, 0.5) is 0 Å². The molecule has 1 saturated heterocycles. The van der Waals surface area contributed by atoms with Gasteiger partial charge in [-0.3, -0.25) is 4.79 Å². The van der Waals surface area contributed by atoms with E-state index in [1.165, 1.54) is 44.5 Å². The second-order valence-electron chi connectivity index (χ2n) is 11.1. The fraction of sp³-hybridized carbons (Fsp3) is 0.400. The molecule has 3 aromatic rings. The Balaban J connectivity index is 1.57. The molecule has 1 amide bonds. The van der Waals surface area contributed by atoms with E-state index in [0.717, 1.165) is 49.8 Å². The molecule has 4 heteroatoms. The zero-order valence-electron chi connectivity index (χ0n) is 23.8. The number of benzene rings is 3. The van der Waals surface area contributed by atoms with Gasteiger partial charge in [-0.15, -0.1) is 0 Å². The molecule has 0 radical (unpaired) electrons. The van der Waals surface area contributed by atoms with Crippen molar-refractivity contribution in [2.45, 2.75) is 78.4 Å². The van der Waals surface area contributed by atoms with Gasteiger partial charge in [-0.1, -0.05) is 62.2 Å². The van der Waals surface area contributed by atoms with Gasteiger partial charge in [0, 0.05) is 5.56 Å². The summed E-state index contributed by atoms with van der Waals surface area (Å²) in [6.07, 6.45) is 6.41. The van der Waals surface area contributed by atoms with Crippen LogP contribution < -0.4 is 10.1 Å². The summed E-state index contributed by atoms with van der Waals surface area (Å²) in [5, 5.41) is 3.09. The first-order chi connectivity index (χ1) is 19.0. The largest absolute Gasteiger partial charge is 0.490 e. The Hall–Kier alpha value is -3.37. The Morgan fingerprint density at radius 3 is 2.41 bits per heavy atom. The van der Waals surface area contributed by atoms with E-state index in [9.17, 15) is 4.79 Å². The molecule has 1 unspecified atom stereocenters. The van der Waals surface area contributed by atoms with E-state index >= 15 is 0 Å². The number of hydrogen-bond acceptors (Lipinski definition) is 3. The number of ether oxygens (including phenoxy) is 2. The summed E-state index contributed by atoms with van der Waals surface area (Å²) in [5.41, 5.74) is 10.9. The molecular formula is C35H41NO3. The van der Waals surface area contributed by atoms with Gasteiger partial charge >= 0.3 is 0 Å². The summed E-state index contributed by atoms with van der Waals surface area (Å²) in [5.74, 6) is 0.906. The second kappa shape index (κ2) is 12.2. The summed E-state index contributed by atoms with van der Waals surface area (Å²) >= 11 is 0. The monoisotopic (exact) mass is 523 g/mol. The summed E-state index contributed by atoms with van der Waals surface area (Å²) in [6.45, 7) is 9.95. The molecule has 1 aliphatic heterocycles. The van der Waals surface area contributed by atoms with Crippen molar-refractivity contribution in [3.63, 3.8) is 0 Å². The van der Waals surface area contributed by atoms with Crippen molar-refractivity contribution in [3.05, 3.63) is 99.6 Å². The number of carbonyl (C=O) groups is 1. The molecule has 0 aromatic heterocycles. The second-order valence-corrected chi connectivity index (χ2v) is 11.1. The smallest absolute Gasteiger partial charge is 0.251 e. The Bertz CT molecular complexity index is 1350. The van der Waals surface area contributed by atoms with Crippen molar-refractivity contribution in [2.75, 3.05) is 13.2 Å². The lowest BCUT2D eigenvalue weighted by atomic mass is 9.85. The summed E-state index contributed by atoms with van der Waals surface area (Å²) in [4.78, 5) is 12.9. The van der Waals surface area contributed by atoms with Gasteiger partial charge in [0.15, 0.2) is 0 Å². The minimum Gasteiger partial charge on any atom is -0.490 e. The summed E-state index contributed by atoms with van der Waals surface area (Å²) in [6, 6.07) is 21.8. The van der Waals surface area contributed by atoms with E-state index in [1.54, 1.807) is 0 Å². The normalized spacial score (nSPS) is 16.2. The van der Waals surface area contributed by atoms with Crippen LogP contribution in [0.15, 0.2) is 60.7 Å². The number of carbonyl (C=O) groups excluding carboxylic acids is 1. The maximum absolute atomic E-state index is 12.9. The molecule has 1 heterocycles. The minimum absolute atomic E-state index is 0.0189. The fourth-order valence-corrected chi connectivity index (χ4v) is 5.83. The highest BCUT2D eigenvalue weighted by Crippen LogP contribution is 2.41. The van der Waals surface area contributed by atoms with E-state index in [-0.39, 0.29) is 18.1 Å². The number of rotatable bonds is 9. The number of amides is 1. The number of hydrogen-bond donors (Lipinski definition) is 1. The van der Waals surface area contributed by atoms with Crippen LogP contribution in [0.3, 0.4) is 0 Å². The predicted molar refractivity (Wildman–Crippen MR) is 159 cm³/mol. The quantitative estimate of drug-likeness (QED) is 0.313. The van der Waals surface area contributed by atoms with Gasteiger partial charge < -0.3 is 14.8 Å². The van der Waals surface area contributed by atoms with Crippen LogP contribution in [0.1, 0.15) is 89.7 Å². The predicted octanol–water partition coefficient (Wildman–Crippen LogP) is 7.68. The fourth-order valence-electron chi connectivity index (χ4n) is 5.83. The van der Waals surface area contributed by atoms with Gasteiger partial charge in [0.2, 0.25) is 0 Å². The molecule has 5 rings (SSSR count). The first-order valence-electron chi connectivity index (χ1n) is 14.6. The maximum Gasteiger partial charge on any atom is 0.251 e. The molecule has 1 aliphatic carbocycles. The van der Waals surface area contributed by atoms with Gasteiger partial charge in [0.05, 0.1) is 25.4 Å². The third kappa shape index (κ3) is 6.12. The highest BCUT2D eigenvalue weighted by molar-refractivity contribution is 6.02. The third-order valence-corrected chi connectivity index (χ3v) is 8.00. The average molecular weight is 524 g/mol. The van der Waals surface area contributed by atoms with Crippen LogP contribution >= 0.6 is 0 Å². The molecule has 39 heavy (non-hydrogen) atoms. The average Bonchev–Trinajstić information content (AvgIpc) is 3.10. The lowest BCUT2D eigenvalue weighted by Crippen LogP contribution is -2.48. The lowest BCUT2D eigenvalue weighted by molar-refractivity contribution is -0.00346. The van der Waals surface area contributed by atoms with E-state index in [2.05, 4.69) is 87.6 Å². The van der Waals surface area contributed by atoms with Crippen LogP contribution in [0, 0.1) is 13.8 Å². The SMILES string of the molecule is CCCC(CC)Oc1ccc(C2=C(c3ccc(C)cc3C)CCCc3cc(C(=O)NC4COC4)ccc32)cc1. The molecule has 3 aromatic carbocycles. The van der Waals surface area contributed by atoms with Gasteiger partial charge in [-0.05, 0) is 109 Å². The standard InChI is InChI=1S/C35H41NO3/c1-5-8-29(6-2)39-30-15-12-25(13-16-30)34-32-18-14-27(35(37)36-28-21-38-22-28)20-26(32)9-7-10-33(34)31-17-11-23(3)19-24(31)4/h11-20,28-29H,5-10,21-22H2,1-4H3,(H,36,37). The van der Waals surface area contributed by atoms with E-state index in [4.69, 9.17) is 9.47 Å². The zero-order chi connectivity index (χ0) is 27.4. The summed E-state index contributed by atoms with van der Waals surface area (Å²) in [7, 11) is 0. The van der Waals surface area contributed by atoms with Gasteiger partial charge in [-0.2, -0.15) is 0 Å². The Morgan fingerprint density at radius 2 is 1.74 bits per heavy atom. The first kappa shape index (κ1) is 27.2. The molecule has 0 spiro atoms. The number of nitrogens with one attached hydrogen (secondary N) is 1. The molecule has 1 fully saturated rings. The minimum atomic E-state index is -0.0189. The maximum atomic E-state index is 12.9. The van der Waals surface area contributed by atoms with Gasteiger partial charge in [-0.25, -0.2) is 0 Å². The molecule has 204 valence electrons. The molecule has 0 bridgehead atoms. The number of allylic oxidation sites excluding steroid dienone is 1. The van der Waals surface area contributed by atoms with E-state index in [1.807, 2.05) is 6.07 Å². The van der Waals surface area contributed by atoms with Crippen molar-refractivity contribution in [3.8, 4) is 5.75 Å². The van der Waals surface area contributed by atoms with Crippen LogP contribution in [0.25, 0.3) is 11.1 Å². The van der Waals surface area contributed by atoms with Crippen LogP contribution in [-0.2, 0) is 11.2 Å². The van der Waals surface area contributed by atoms with Crippen molar-refractivity contribution < 1.29 is 14.3 Å². The van der Waals surface area contributed by atoms with Gasteiger partial charge in [0.1, 0.15) is 5.75 Å². The summed E-state index contributed by atoms with van der Waals surface area (Å²) < 4.78 is 11.5. The molecule has 1 atom stereocenters. The molecule has 4 nitrogen and oxygen atoms in total. The molecule has 0 saturated carbocycles. The Labute approximate surface area is 233 Å². The molecule has 2 aliphatic rings.